The van der Waals surface area contributed by atoms with Crippen molar-refractivity contribution >= 4 is 11.8 Å². The van der Waals surface area contributed by atoms with Gasteiger partial charge in [-0.1, -0.05) is 166 Å². The summed E-state index contributed by atoms with van der Waals surface area (Å²) in [4.78, 5) is 0. The second-order valence-electron chi connectivity index (χ2n) is 9.34. The van der Waals surface area contributed by atoms with Crippen LogP contribution in [0.15, 0.2) is 121 Å². The van der Waals surface area contributed by atoms with Gasteiger partial charge in [-0.05, 0) is 60.9 Å². The summed E-state index contributed by atoms with van der Waals surface area (Å²) in [7, 11) is 0. The molecule has 2 aromatic carbocycles. The summed E-state index contributed by atoms with van der Waals surface area (Å²) < 4.78 is 0. The molecule has 0 atom stereocenters. The Labute approximate surface area is 255 Å². The Morgan fingerprint density at radius 2 is 1.41 bits per heavy atom. The molecular formula is C39H62N2. The zero-order valence-electron chi connectivity index (χ0n) is 28.3. The number of hydrogen-bond acceptors (Lipinski definition) is 2. The van der Waals surface area contributed by atoms with Crippen LogP contribution in [0.2, 0.25) is 0 Å². The molecule has 228 valence electrons. The first kappa shape index (κ1) is 42.0. The van der Waals surface area contributed by atoms with Gasteiger partial charge in [-0.15, -0.1) is 0 Å². The van der Waals surface area contributed by atoms with Crippen LogP contribution in [0, 0.1) is 18.8 Å². The molecule has 0 aliphatic rings. The Morgan fingerprint density at radius 1 is 0.854 bits per heavy atom. The Balaban J connectivity index is -0.000000502. The monoisotopic (exact) mass is 558 g/mol. The zero-order chi connectivity index (χ0) is 32.1. The summed E-state index contributed by atoms with van der Waals surface area (Å²) in [6.07, 6.45) is 15.0. The topological polar surface area (TPSA) is 38.0 Å². The first-order chi connectivity index (χ1) is 19.7. The Morgan fingerprint density at radius 3 is 1.83 bits per heavy atom. The number of rotatable bonds is 10. The molecule has 0 aliphatic carbocycles. The number of aryl methyl sites for hydroxylation is 1. The van der Waals surface area contributed by atoms with Crippen molar-refractivity contribution in [3.05, 3.63) is 132 Å². The van der Waals surface area contributed by atoms with Gasteiger partial charge in [0.15, 0.2) is 0 Å². The van der Waals surface area contributed by atoms with E-state index < -0.39 is 0 Å². The van der Waals surface area contributed by atoms with Crippen molar-refractivity contribution in [3.63, 3.8) is 0 Å². The third kappa shape index (κ3) is 22.9. The molecule has 2 heteroatoms. The van der Waals surface area contributed by atoms with E-state index in [0.717, 1.165) is 17.8 Å². The lowest BCUT2D eigenvalue weighted by Gasteiger charge is -2.14. The minimum Gasteiger partial charge on any atom is -0.402 e. The van der Waals surface area contributed by atoms with E-state index in [1.807, 2.05) is 77.1 Å². The molecule has 3 N–H and O–H groups in total. The Hall–Kier alpha value is -3.52. The van der Waals surface area contributed by atoms with Gasteiger partial charge in [0, 0.05) is 17.9 Å². The van der Waals surface area contributed by atoms with Crippen LogP contribution in [0.1, 0.15) is 86.8 Å². The minimum atomic E-state index is 0.409. The van der Waals surface area contributed by atoms with Crippen molar-refractivity contribution in [1.82, 2.24) is 0 Å². The molecule has 0 saturated carbocycles. The normalized spacial score (nSPS) is 11.1. The van der Waals surface area contributed by atoms with E-state index in [4.69, 9.17) is 5.73 Å². The smallest absolute Gasteiger partial charge is 0.0340 e. The third-order valence-electron chi connectivity index (χ3n) is 5.46. The molecule has 2 nitrogen and oxygen atoms in total. The van der Waals surface area contributed by atoms with Crippen molar-refractivity contribution in [1.29, 1.82) is 0 Å². The van der Waals surface area contributed by atoms with Crippen molar-refractivity contribution in [2.24, 2.45) is 17.6 Å². The van der Waals surface area contributed by atoms with E-state index >= 15 is 0 Å². The zero-order valence-corrected chi connectivity index (χ0v) is 28.3. The number of para-hydroxylation sites is 1. The number of anilines is 1. The lowest BCUT2D eigenvalue weighted by molar-refractivity contribution is 0.697. The van der Waals surface area contributed by atoms with Gasteiger partial charge in [-0.2, -0.15) is 0 Å². The van der Waals surface area contributed by atoms with Gasteiger partial charge in [0.1, 0.15) is 0 Å². The van der Waals surface area contributed by atoms with Gasteiger partial charge in [-0.25, -0.2) is 0 Å². The molecule has 41 heavy (non-hydrogen) atoms. The number of nitrogens with two attached hydrogens (primary N) is 1. The molecule has 0 heterocycles. The SMILES string of the molecule is C=C/C=C\C(=C(\N)C(C)C)C(C)C.C=CC(/C=C/c1ccc(C)cc1)=C\C.CC.CC.CCCNc1ccccc1. The standard InChI is InChI=1S/C14H16.C12H21N.C9H13N.2C2H6/c1-4-13(5-2)10-11-14-8-6-12(3)7-9-14;1-6-7-8-11(9(2)3)12(13)10(4)5;1-2-8-10-9-6-4-3-5-7-9;2*1-2/h4-11H,1H2,2-3H3;6-10H,1,13H2,2-5H3;3-7,10H,2,8H2,1H3;2*1-2H3/b11-10+,13-5+;8-7-,12-11-;;;. The average Bonchev–Trinajstić information content (AvgIpc) is 3.00. The summed E-state index contributed by atoms with van der Waals surface area (Å²) in [6.45, 7) is 31.2. The molecule has 0 amide bonds. The van der Waals surface area contributed by atoms with Gasteiger partial charge in [0.2, 0.25) is 0 Å². The van der Waals surface area contributed by atoms with Gasteiger partial charge in [0.25, 0.3) is 0 Å². The number of benzene rings is 2. The maximum Gasteiger partial charge on any atom is 0.0340 e. The van der Waals surface area contributed by atoms with Crippen molar-refractivity contribution in [2.75, 3.05) is 11.9 Å². The number of nitrogens with one attached hydrogen (secondary N) is 1. The first-order valence-corrected chi connectivity index (χ1v) is 15.3. The fourth-order valence-electron chi connectivity index (χ4n) is 3.10. The quantitative estimate of drug-likeness (QED) is 0.285. The molecule has 0 spiro atoms. The molecule has 2 rings (SSSR count). The number of hydrogen-bond donors (Lipinski definition) is 2. The average molecular weight is 559 g/mol. The Kier molecular flexibility index (Phi) is 30.1. The first-order valence-electron chi connectivity index (χ1n) is 15.3. The molecular weight excluding hydrogens is 496 g/mol. The molecule has 0 radical (unpaired) electrons. The molecule has 0 aromatic heterocycles. The summed E-state index contributed by atoms with van der Waals surface area (Å²) in [5.74, 6) is 0.880. The maximum absolute atomic E-state index is 6.00. The summed E-state index contributed by atoms with van der Waals surface area (Å²) in [5.41, 5.74) is 13.1. The van der Waals surface area contributed by atoms with E-state index in [1.54, 1.807) is 6.08 Å². The van der Waals surface area contributed by atoms with Crippen LogP contribution in [-0.4, -0.2) is 6.54 Å². The van der Waals surface area contributed by atoms with Crippen LogP contribution in [0.25, 0.3) is 6.08 Å². The van der Waals surface area contributed by atoms with E-state index in [0.29, 0.717) is 11.8 Å². The summed E-state index contributed by atoms with van der Waals surface area (Å²) in [5, 5.41) is 3.29. The van der Waals surface area contributed by atoms with Crippen LogP contribution in [-0.2, 0) is 0 Å². The molecule has 0 fully saturated rings. The van der Waals surface area contributed by atoms with Gasteiger partial charge in [0.05, 0.1) is 0 Å². The molecule has 0 aliphatic heterocycles. The summed E-state index contributed by atoms with van der Waals surface area (Å²) >= 11 is 0. The second kappa shape index (κ2) is 29.5. The lowest BCUT2D eigenvalue weighted by atomic mass is 9.95. The van der Waals surface area contributed by atoms with E-state index in [1.165, 1.54) is 28.8 Å². The second-order valence-corrected chi connectivity index (χ2v) is 9.34. The van der Waals surface area contributed by atoms with Crippen molar-refractivity contribution in [3.8, 4) is 0 Å². The van der Waals surface area contributed by atoms with Crippen LogP contribution in [0.3, 0.4) is 0 Å². The predicted octanol–water partition coefficient (Wildman–Crippen LogP) is 12.0. The lowest BCUT2D eigenvalue weighted by Crippen LogP contribution is -2.11. The van der Waals surface area contributed by atoms with Gasteiger partial charge >= 0.3 is 0 Å². The highest BCUT2D eigenvalue weighted by atomic mass is 14.9. The third-order valence-corrected chi connectivity index (χ3v) is 5.46. The number of allylic oxidation sites excluding steroid dienone is 9. The maximum atomic E-state index is 6.00. The highest BCUT2D eigenvalue weighted by molar-refractivity contribution is 5.54. The Bertz CT molecular complexity index is 1000. The molecule has 0 saturated heterocycles. The van der Waals surface area contributed by atoms with Gasteiger partial charge in [-0.3, -0.25) is 0 Å². The van der Waals surface area contributed by atoms with Crippen molar-refractivity contribution in [2.45, 2.75) is 82.6 Å². The van der Waals surface area contributed by atoms with E-state index in [9.17, 15) is 0 Å². The molecule has 0 bridgehead atoms. The largest absolute Gasteiger partial charge is 0.402 e. The minimum absolute atomic E-state index is 0.409. The highest BCUT2D eigenvalue weighted by Gasteiger charge is 2.07. The highest BCUT2D eigenvalue weighted by Crippen LogP contribution is 2.18. The predicted molar refractivity (Wildman–Crippen MR) is 192 cm³/mol. The summed E-state index contributed by atoms with van der Waals surface area (Å²) in [6, 6.07) is 18.7. The van der Waals surface area contributed by atoms with Crippen LogP contribution in [0.4, 0.5) is 5.69 Å². The van der Waals surface area contributed by atoms with Crippen LogP contribution < -0.4 is 11.1 Å². The van der Waals surface area contributed by atoms with Crippen LogP contribution in [0.5, 0.6) is 0 Å². The molecule has 2 aromatic rings. The fourth-order valence-corrected chi connectivity index (χ4v) is 3.10. The van der Waals surface area contributed by atoms with E-state index in [2.05, 4.69) is 109 Å². The van der Waals surface area contributed by atoms with Crippen LogP contribution >= 0.6 is 0 Å². The fraction of sp³-hybridized carbons (Fsp3) is 0.385. The molecule has 0 unspecified atom stereocenters. The van der Waals surface area contributed by atoms with E-state index in [-0.39, 0.29) is 0 Å². The van der Waals surface area contributed by atoms with Gasteiger partial charge < -0.3 is 11.1 Å². The van der Waals surface area contributed by atoms with Crippen molar-refractivity contribution < 1.29 is 0 Å².